The number of ether oxygens (including phenoxy) is 1. The largest absolute Gasteiger partial charge is 0.496 e. The zero-order chi connectivity index (χ0) is 14.1. The summed E-state index contributed by atoms with van der Waals surface area (Å²) in [6.07, 6.45) is 2.30. The van der Waals surface area contributed by atoms with Crippen molar-refractivity contribution in [3.05, 3.63) is 23.8 Å². The van der Waals surface area contributed by atoms with Crippen LogP contribution in [0.2, 0.25) is 0 Å². The van der Waals surface area contributed by atoms with Crippen molar-refractivity contribution < 1.29 is 4.74 Å². The maximum atomic E-state index is 6.08. The third-order valence-corrected chi connectivity index (χ3v) is 4.29. The van der Waals surface area contributed by atoms with Crippen molar-refractivity contribution in [3.63, 3.8) is 0 Å². The highest BCUT2D eigenvalue weighted by Gasteiger charge is 2.28. The van der Waals surface area contributed by atoms with E-state index in [0.717, 1.165) is 34.2 Å². The minimum atomic E-state index is -0.112. The Kier molecular flexibility index (Phi) is 3.62. The van der Waals surface area contributed by atoms with Gasteiger partial charge in [0.2, 0.25) is 5.16 Å². The highest BCUT2D eigenvalue weighted by Crippen LogP contribution is 2.40. The van der Waals surface area contributed by atoms with E-state index < -0.39 is 0 Å². The standard InChI is InChI=1S/C13H17N5OS/c1-8(14)12-10(19-2)4-3-5-11(12)20-13-15-16-17-18(13)9-6-7-9/h3-5,8-9H,6-7,14H2,1-2H3. The molecule has 2 N–H and O–H groups in total. The SMILES string of the molecule is COc1cccc(Sc2nnnn2C2CC2)c1C(C)N. The zero-order valence-electron chi connectivity index (χ0n) is 11.5. The Morgan fingerprint density at radius 3 is 2.90 bits per heavy atom. The number of nitrogens with zero attached hydrogens (tertiary/aromatic N) is 4. The summed E-state index contributed by atoms with van der Waals surface area (Å²) in [5, 5.41) is 12.8. The number of benzene rings is 1. The molecular weight excluding hydrogens is 274 g/mol. The molecule has 1 aromatic carbocycles. The smallest absolute Gasteiger partial charge is 0.214 e. The van der Waals surface area contributed by atoms with Crippen molar-refractivity contribution in [1.29, 1.82) is 0 Å². The molecule has 0 bridgehead atoms. The molecule has 0 spiro atoms. The molecular formula is C13H17N5OS. The number of rotatable bonds is 5. The first-order valence-electron chi connectivity index (χ1n) is 6.59. The van der Waals surface area contributed by atoms with Crippen LogP contribution in [0.25, 0.3) is 0 Å². The summed E-state index contributed by atoms with van der Waals surface area (Å²) in [4.78, 5) is 1.04. The lowest BCUT2D eigenvalue weighted by molar-refractivity contribution is 0.405. The Morgan fingerprint density at radius 1 is 1.45 bits per heavy atom. The Bertz CT molecular complexity index is 609. The summed E-state index contributed by atoms with van der Waals surface area (Å²) in [6, 6.07) is 6.25. The van der Waals surface area contributed by atoms with Crippen molar-refractivity contribution in [1.82, 2.24) is 20.2 Å². The van der Waals surface area contributed by atoms with Gasteiger partial charge >= 0.3 is 0 Å². The van der Waals surface area contributed by atoms with Gasteiger partial charge in [-0.25, -0.2) is 4.68 Å². The van der Waals surface area contributed by atoms with Crippen LogP contribution in [0.15, 0.2) is 28.3 Å². The van der Waals surface area contributed by atoms with Crippen molar-refractivity contribution in [2.75, 3.05) is 7.11 Å². The normalized spacial score (nSPS) is 16.1. The Labute approximate surface area is 121 Å². The molecule has 1 aromatic heterocycles. The van der Waals surface area contributed by atoms with Gasteiger partial charge in [0.05, 0.1) is 13.2 Å². The molecule has 1 aliphatic carbocycles. The molecule has 0 amide bonds. The molecule has 3 rings (SSSR count). The molecule has 20 heavy (non-hydrogen) atoms. The second kappa shape index (κ2) is 5.41. The van der Waals surface area contributed by atoms with E-state index in [9.17, 15) is 0 Å². The molecule has 1 unspecified atom stereocenters. The summed E-state index contributed by atoms with van der Waals surface area (Å²) in [7, 11) is 1.66. The number of aromatic nitrogens is 4. The van der Waals surface area contributed by atoms with Gasteiger partial charge in [0.25, 0.3) is 0 Å². The van der Waals surface area contributed by atoms with Crippen LogP contribution in [-0.4, -0.2) is 27.3 Å². The predicted octanol–water partition coefficient (Wildman–Crippen LogP) is 2.19. The molecule has 2 aromatic rings. The van der Waals surface area contributed by atoms with Crippen molar-refractivity contribution >= 4 is 11.8 Å². The van der Waals surface area contributed by atoms with E-state index in [0.29, 0.717) is 6.04 Å². The van der Waals surface area contributed by atoms with Crippen molar-refractivity contribution in [2.45, 2.75) is 41.9 Å². The van der Waals surface area contributed by atoms with E-state index >= 15 is 0 Å². The first-order chi connectivity index (χ1) is 9.70. The molecule has 0 saturated heterocycles. The molecule has 1 fully saturated rings. The van der Waals surface area contributed by atoms with Crippen LogP contribution >= 0.6 is 11.8 Å². The van der Waals surface area contributed by atoms with E-state index in [4.69, 9.17) is 10.5 Å². The summed E-state index contributed by atoms with van der Waals surface area (Å²) in [5.41, 5.74) is 7.07. The highest BCUT2D eigenvalue weighted by atomic mass is 32.2. The second-order valence-electron chi connectivity index (χ2n) is 4.90. The van der Waals surface area contributed by atoms with Crippen LogP contribution < -0.4 is 10.5 Å². The zero-order valence-corrected chi connectivity index (χ0v) is 12.3. The molecule has 0 radical (unpaired) electrons. The lowest BCUT2D eigenvalue weighted by atomic mass is 10.1. The molecule has 1 saturated carbocycles. The van der Waals surface area contributed by atoms with Crippen molar-refractivity contribution in [3.8, 4) is 5.75 Å². The Morgan fingerprint density at radius 2 is 2.25 bits per heavy atom. The highest BCUT2D eigenvalue weighted by molar-refractivity contribution is 7.99. The third-order valence-electron chi connectivity index (χ3n) is 3.26. The first-order valence-corrected chi connectivity index (χ1v) is 7.40. The van der Waals surface area contributed by atoms with Gasteiger partial charge in [-0.05, 0) is 54.1 Å². The average Bonchev–Trinajstić information content (AvgIpc) is 3.18. The van der Waals surface area contributed by atoms with Crippen LogP contribution in [0, 0.1) is 0 Å². The summed E-state index contributed by atoms with van der Waals surface area (Å²) >= 11 is 1.54. The monoisotopic (exact) mass is 291 g/mol. The fourth-order valence-electron chi connectivity index (χ4n) is 2.14. The van der Waals surface area contributed by atoms with Crippen LogP contribution in [0.1, 0.15) is 37.4 Å². The maximum absolute atomic E-state index is 6.08. The maximum Gasteiger partial charge on any atom is 0.214 e. The van der Waals surface area contributed by atoms with Gasteiger partial charge in [0, 0.05) is 16.5 Å². The number of hydrogen-bond donors (Lipinski definition) is 1. The Hall–Kier alpha value is -1.60. The second-order valence-corrected chi connectivity index (χ2v) is 5.91. The van der Waals surface area contributed by atoms with Crippen LogP contribution in [0.4, 0.5) is 0 Å². The van der Waals surface area contributed by atoms with E-state index in [1.54, 1.807) is 18.9 Å². The molecule has 1 aliphatic rings. The first kappa shape index (κ1) is 13.4. The lowest BCUT2D eigenvalue weighted by Crippen LogP contribution is -2.09. The topological polar surface area (TPSA) is 78.9 Å². The number of tetrazole rings is 1. The Balaban J connectivity index is 1.95. The van der Waals surface area contributed by atoms with Gasteiger partial charge in [-0.1, -0.05) is 6.07 Å². The fourth-order valence-corrected chi connectivity index (χ4v) is 3.24. The van der Waals surface area contributed by atoms with Gasteiger partial charge in [-0.15, -0.1) is 5.10 Å². The fraction of sp³-hybridized carbons (Fsp3) is 0.462. The van der Waals surface area contributed by atoms with Gasteiger partial charge in [-0.2, -0.15) is 0 Å². The lowest BCUT2D eigenvalue weighted by Gasteiger charge is -2.15. The quantitative estimate of drug-likeness (QED) is 0.909. The van der Waals surface area contributed by atoms with Crippen LogP contribution in [0.5, 0.6) is 5.75 Å². The third kappa shape index (κ3) is 2.51. The minimum absolute atomic E-state index is 0.112. The average molecular weight is 291 g/mol. The van der Waals surface area contributed by atoms with Gasteiger partial charge < -0.3 is 10.5 Å². The molecule has 7 heteroatoms. The van der Waals surface area contributed by atoms with E-state index in [1.807, 2.05) is 29.8 Å². The van der Waals surface area contributed by atoms with E-state index in [2.05, 4.69) is 15.5 Å². The molecule has 1 heterocycles. The van der Waals surface area contributed by atoms with E-state index in [1.165, 1.54) is 0 Å². The number of hydrogen-bond acceptors (Lipinski definition) is 6. The van der Waals surface area contributed by atoms with Crippen LogP contribution in [-0.2, 0) is 0 Å². The number of nitrogens with two attached hydrogens (primary N) is 1. The summed E-state index contributed by atoms with van der Waals surface area (Å²) in [5.74, 6) is 0.801. The predicted molar refractivity (Wildman–Crippen MR) is 75.8 cm³/mol. The molecule has 6 nitrogen and oxygen atoms in total. The number of methoxy groups -OCH3 is 1. The molecule has 106 valence electrons. The van der Waals surface area contributed by atoms with Gasteiger partial charge in [0.15, 0.2) is 0 Å². The molecule has 1 atom stereocenters. The van der Waals surface area contributed by atoms with Gasteiger partial charge in [-0.3, -0.25) is 0 Å². The summed E-state index contributed by atoms with van der Waals surface area (Å²) in [6.45, 7) is 1.95. The van der Waals surface area contributed by atoms with E-state index in [-0.39, 0.29) is 6.04 Å². The van der Waals surface area contributed by atoms with Gasteiger partial charge in [0.1, 0.15) is 5.75 Å². The summed E-state index contributed by atoms with van der Waals surface area (Å²) < 4.78 is 7.30. The minimum Gasteiger partial charge on any atom is -0.496 e. The molecule has 0 aliphatic heterocycles. The van der Waals surface area contributed by atoms with Crippen LogP contribution in [0.3, 0.4) is 0 Å². The van der Waals surface area contributed by atoms with Crippen molar-refractivity contribution in [2.24, 2.45) is 5.73 Å².